The van der Waals surface area contributed by atoms with Crippen molar-refractivity contribution in [2.75, 3.05) is 6.61 Å². The number of esters is 1. The maximum atomic E-state index is 12.4. The van der Waals surface area contributed by atoms with E-state index in [0.29, 0.717) is 12.3 Å². The van der Waals surface area contributed by atoms with Gasteiger partial charge in [0.05, 0.1) is 29.7 Å². The van der Waals surface area contributed by atoms with E-state index in [4.69, 9.17) is 9.73 Å². The molecule has 0 amide bonds. The predicted octanol–water partition coefficient (Wildman–Crippen LogP) is 4.72. The lowest BCUT2D eigenvalue weighted by molar-refractivity contribution is 0.0518. The minimum Gasteiger partial charge on any atom is -0.461 e. The fraction of sp³-hybridized carbons (Fsp3) is 0.190. The zero-order valence-electron chi connectivity index (χ0n) is 15.0. The number of benzene rings is 2. The van der Waals surface area contributed by atoms with E-state index in [0.717, 1.165) is 32.7 Å². The average Bonchev–Trinajstić information content (AvgIpc) is 3.07. The molecule has 2 aromatic carbocycles. The molecular formula is C21H18BrN3O2. The highest BCUT2D eigenvalue weighted by molar-refractivity contribution is 9.10. The molecule has 136 valence electrons. The molecule has 6 heteroatoms. The third-order valence-corrected chi connectivity index (χ3v) is 5.01. The lowest BCUT2D eigenvalue weighted by atomic mass is 10.0. The van der Waals surface area contributed by atoms with Gasteiger partial charge in [-0.2, -0.15) is 0 Å². The molecule has 1 atom stereocenters. The van der Waals surface area contributed by atoms with Crippen LogP contribution in [0.2, 0.25) is 0 Å². The Bertz CT molecular complexity index is 1040. The first-order valence-corrected chi connectivity index (χ1v) is 9.57. The molecule has 2 heterocycles. The molecule has 0 saturated carbocycles. The van der Waals surface area contributed by atoms with Gasteiger partial charge in [0.2, 0.25) is 0 Å². The summed E-state index contributed by atoms with van der Waals surface area (Å²) in [5.74, 6) is -0.421. The summed E-state index contributed by atoms with van der Waals surface area (Å²) in [6.07, 6.45) is 1.67. The Labute approximate surface area is 165 Å². The molecule has 1 aliphatic rings. The number of hydrogen-bond donors (Lipinski definition) is 0. The Hall–Kier alpha value is -2.73. The van der Waals surface area contributed by atoms with Crippen LogP contribution in [0.5, 0.6) is 0 Å². The summed E-state index contributed by atoms with van der Waals surface area (Å²) in [4.78, 5) is 21.7. The summed E-state index contributed by atoms with van der Waals surface area (Å²) < 4.78 is 8.10. The van der Waals surface area contributed by atoms with Crippen LogP contribution < -0.4 is 0 Å². The van der Waals surface area contributed by atoms with E-state index in [1.807, 2.05) is 60.0 Å². The molecule has 0 aliphatic carbocycles. The Morgan fingerprint density at radius 2 is 2.00 bits per heavy atom. The molecule has 1 unspecified atom stereocenters. The largest absolute Gasteiger partial charge is 0.461 e. The number of halogens is 1. The monoisotopic (exact) mass is 423 g/mol. The number of rotatable bonds is 3. The summed E-state index contributed by atoms with van der Waals surface area (Å²) in [7, 11) is 0. The molecule has 3 aromatic rings. The van der Waals surface area contributed by atoms with Crippen molar-refractivity contribution in [2.24, 2.45) is 4.99 Å². The van der Waals surface area contributed by atoms with Crippen LogP contribution in [0.15, 0.2) is 64.3 Å². The van der Waals surface area contributed by atoms with Crippen LogP contribution >= 0.6 is 15.9 Å². The molecule has 0 fully saturated rings. The lowest BCUT2D eigenvalue weighted by Gasteiger charge is -2.12. The van der Waals surface area contributed by atoms with Gasteiger partial charge in [0, 0.05) is 15.6 Å². The zero-order chi connectivity index (χ0) is 19.0. The Kier molecular flexibility index (Phi) is 4.66. The minimum absolute atomic E-state index is 0.256. The standard InChI is InChI=1S/C21H18BrN3O2/c1-3-27-21(26)19-20-13(2)24-18(14-7-5-4-6-8-14)16-11-15(22)9-10-17(16)25(20)12-23-19/h4-13H,3H2,1-2H3. The fourth-order valence-corrected chi connectivity index (χ4v) is 3.73. The first-order valence-electron chi connectivity index (χ1n) is 8.78. The highest BCUT2D eigenvalue weighted by Crippen LogP contribution is 2.33. The normalized spacial score (nSPS) is 15.4. The highest BCUT2D eigenvalue weighted by Gasteiger charge is 2.29. The van der Waals surface area contributed by atoms with Crippen LogP contribution in [0.4, 0.5) is 0 Å². The van der Waals surface area contributed by atoms with Crippen molar-refractivity contribution in [1.29, 1.82) is 0 Å². The van der Waals surface area contributed by atoms with Crippen LogP contribution in [0.1, 0.15) is 47.2 Å². The van der Waals surface area contributed by atoms with E-state index in [1.165, 1.54) is 0 Å². The van der Waals surface area contributed by atoms with Gasteiger partial charge in [0.1, 0.15) is 6.33 Å². The first kappa shape index (κ1) is 17.7. The molecule has 4 rings (SSSR count). The van der Waals surface area contributed by atoms with Crippen LogP contribution in [0.3, 0.4) is 0 Å². The maximum Gasteiger partial charge on any atom is 0.358 e. The molecule has 0 radical (unpaired) electrons. The third-order valence-electron chi connectivity index (χ3n) is 4.51. The number of ether oxygens (including phenoxy) is 1. The van der Waals surface area contributed by atoms with Gasteiger partial charge in [0.15, 0.2) is 5.69 Å². The Morgan fingerprint density at radius 1 is 1.22 bits per heavy atom. The number of aliphatic imine (C=N–C) groups is 1. The fourth-order valence-electron chi connectivity index (χ4n) is 3.36. The topological polar surface area (TPSA) is 56.5 Å². The van der Waals surface area contributed by atoms with Gasteiger partial charge in [0.25, 0.3) is 0 Å². The van der Waals surface area contributed by atoms with E-state index in [-0.39, 0.29) is 6.04 Å². The van der Waals surface area contributed by atoms with Gasteiger partial charge in [-0.25, -0.2) is 9.78 Å². The number of hydrogen-bond acceptors (Lipinski definition) is 4. The van der Waals surface area contributed by atoms with E-state index in [9.17, 15) is 4.79 Å². The van der Waals surface area contributed by atoms with E-state index in [2.05, 4.69) is 20.9 Å². The number of fused-ring (bicyclic) bond motifs is 3. The molecule has 1 aliphatic heterocycles. The van der Waals surface area contributed by atoms with Gasteiger partial charge in [-0.1, -0.05) is 46.3 Å². The number of nitrogens with zero attached hydrogens (tertiary/aromatic N) is 3. The molecular weight excluding hydrogens is 406 g/mol. The second-order valence-electron chi connectivity index (χ2n) is 6.25. The van der Waals surface area contributed by atoms with Crippen molar-refractivity contribution in [3.8, 4) is 5.69 Å². The van der Waals surface area contributed by atoms with Crippen molar-refractivity contribution in [2.45, 2.75) is 19.9 Å². The number of carbonyl (C=O) groups excluding carboxylic acids is 1. The summed E-state index contributed by atoms with van der Waals surface area (Å²) in [5.41, 5.74) is 4.88. The summed E-state index contributed by atoms with van der Waals surface area (Å²) >= 11 is 3.57. The van der Waals surface area contributed by atoms with Gasteiger partial charge in [-0.3, -0.25) is 9.56 Å². The smallest absolute Gasteiger partial charge is 0.358 e. The van der Waals surface area contributed by atoms with Gasteiger partial charge >= 0.3 is 5.97 Å². The zero-order valence-corrected chi connectivity index (χ0v) is 16.6. The van der Waals surface area contributed by atoms with Crippen molar-refractivity contribution >= 4 is 27.6 Å². The second kappa shape index (κ2) is 7.12. The maximum absolute atomic E-state index is 12.4. The average molecular weight is 424 g/mol. The SMILES string of the molecule is CCOC(=O)c1ncn2c1C(C)N=C(c1ccccc1)c1cc(Br)ccc1-2. The lowest BCUT2D eigenvalue weighted by Crippen LogP contribution is -2.11. The minimum atomic E-state index is -0.421. The van der Waals surface area contributed by atoms with Crippen LogP contribution in [0.25, 0.3) is 5.69 Å². The van der Waals surface area contributed by atoms with E-state index in [1.54, 1.807) is 13.3 Å². The third kappa shape index (κ3) is 3.10. The predicted molar refractivity (Wildman–Crippen MR) is 108 cm³/mol. The molecule has 0 saturated heterocycles. The van der Waals surface area contributed by atoms with Crippen molar-refractivity contribution in [1.82, 2.24) is 9.55 Å². The van der Waals surface area contributed by atoms with Crippen molar-refractivity contribution < 1.29 is 9.53 Å². The van der Waals surface area contributed by atoms with Crippen LogP contribution in [-0.2, 0) is 4.74 Å². The molecule has 1 aromatic heterocycles. The Balaban J connectivity index is 1.98. The summed E-state index contributed by atoms with van der Waals surface area (Å²) in [5, 5.41) is 0. The number of imidazole rings is 1. The van der Waals surface area contributed by atoms with E-state index < -0.39 is 5.97 Å². The molecule has 0 spiro atoms. The van der Waals surface area contributed by atoms with Gasteiger partial charge < -0.3 is 4.74 Å². The number of carbonyl (C=O) groups is 1. The van der Waals surface area contributed by atoms with Crippen molar-refractivity contribution in [3.05, 3.63) is 81.8 Å². The highest BCUT2D eigenvalue weighted by atomic mass is 79.9. The summed E-state index contributed by atoms with van der Waals surface area (Å²) in [6.45, 7) is 4.07. The number of aromatic nitrogens is 2. The van der Waals surface area contributed by atoms with Gasteiger partial charge in [-0.15, -0.1) is 0 Å². The quantitative estimate of drug-likeness (QED) is 0.572. The first-order chi connectivity index (χ1) is 13.1. The van der Waals surface area contributed by atoms with Crippen molar-refractivity contribution in [3.63, 3.8) is 0 Å². The molecule has 0 bridgehead atoms. The van der Waals surface area contributed by atoms with E-state index >= 15 is 0 Å². The molecule has 0 N–H and O–H groups in total. The van der Waals surface area contributed by atoms with Gasteiger partial charge in [-0.05, 0) is 32.0 Å². The Morgan fingerprint density at radius 3 is 2.74 bits per heavy atom. The van der Waals surface area contributed by atoms with Crippen LogP contribution in [0, 0.1) is 0 Å². The molecule has 5 nitrogen and oxygen atoms in total. The molecule has 27 heavy (non-hydrogen) atoms. The van der Waals surface area contributed by atoms with Crippen LogP contribution in [-0.4, -0.2) is 27.8 Å². The summed E-state index contributed by atoms with van der Waals surface area (Å²) in [6, 6.07) is 15.8. The second-order valence-corrected chi connectivity index (χ2v) is 7.17.